The highest BCUT2D eigenvalue weighted by Crippen LogP contribution is 2.39. The zero-order valence-corrected chi connectivity index (χ0v) is 9.86. The van der Waals surface area contributed by atoms with Crippen LogP contribution in [0.2, 0.25) is 0 Å². The first-order chi connectivity index (χ1) is 7.10. The first kappa shape index (κ1) is 11.3. The quantitative estimate of drug-likeness (QED) is 0.698. The average molecular weight is 216 g/mol. The van der Waals surface area contributed by atoms with Crippen molar-refractivity contribution in [1.82, 2.24) is 0 Å². The van der Waals surface area contributed by atoms with E-state index in [1.54, 1.807) is 14.2 Å². The highest BCUT2D eigenvalue weighted by Gasteiger charge is 2.52. The van der Waals surface area contributed by atoms with Crippen molar-refractivity contribution < 1.29 is 18.9 Å². The predicted molar refractivity (Wildman–Crippen MR) is 54.7 cm³/mol. The molecule has 4 nitrogen and oxygen atoms in total. The highest BCUT2D eigenvalue weighted by molar-refractivity contribution is 5.01. The smallest absolute Gasteiger partial charge is 0.155 e. The number of hydrogen-bond donors (Lipinski definition) is 0. The summed E-state index contributed by atoms with van der Waals surface area (Å²) in [6.07, 6.45) is 1.90. The lowest BCUT2D eigenvalue weighted by molar-refractivity contribution is -0.178. The Morgan fingerprint density at radius 1 is 1.27 bits per heavy atom. The van der Waals surface area contributed by atoms with Crippen molar-refractivity contribution in [2.45, 2.75) is 56.9 Å². The molecule has 1 unspecified atom stereocenters. The van der Waals surface area contributed by atoms with Gasteiger partial charge in [0.1, 0.15) is 12.2 Å². The minimum absolute atomic E-state index is 0.00343. The SMILES string of the molecule is CO[C@H]1[C@@H]2OC(C)O[C@@H]2CC[C@]1(C)OC. The highest BCUT2D eigenvalue weighted by atomic mass is 16.7. The fraction of sp³-hybridized carbons (Fsp3) is 1.00. The first-order valence-corrected chi connectivity index (χ1v) is 5.49. The van der Waals surface area contributed by atoms with E-state index in [1.165, 1.54) is 0 Å². The molecule has 2 fully saturated rings. The van der Waals surface area contributed by atoms with Gasteiger partial charge in [0.25, 0.3) is 0 Å². The van der Waals surface area contributed by atoms with Gasteiger partial charge in [-0.05, 0) is 26.7 Å². The van der Waals surface area contributed by atoms with Crippen LogP contribution in [0, 0.1) is 0 Å². The molecule has 0 bridgehead atoms. The Bertz CT molecular complexity index is 233. The van der Waals surface area contributed by atoms with Gasteiger partial charge < -0.3 is 18.9 Å². The van der Waals surface area contributed by atoms with Crippen molar-refractivity contribution in [3.05, 3.63) is 0 Å². The molecule has 4 heteroatoms. The number of methoxy groups -OCH3 is 2. The molecule has 1 heterocycles. The summed E-state index contributed by atoms with van der Waals surface area (Å²) in [4.78, 5) is 0. The molecule has 1 saturated carbocycles. The van der Waals surface area contributed by atoms with Crippen molar-refractivity contribution in [2.24, 2.45) is 0 Å². The van der Waals surface area contributed by atoms with E-state index in [4.69, 9.17) is 18.9 Å². The molecule has 0 aromatic rings. The Kier molecular flexibility index (Phi) is 3.03. The van der Waals surface area contributed by atoms with E-state index < -0.39 is 0 Å². The number of ether oxygens (including phenoxy) is 4. The minimum Gasteiger partial charge on any atom is -0.376 e. The number of rotatable bonds is 2. The van der Waals surface area contributed by atoms with Gasteiger partial charge in [0, 0.05) is 14.2 Å². The van der Waals surface area contributed by atoms with Crippen LogP contribution in [-0.2, 0) is 18.9 Å². The average Bonchev–Trinajstić information content (AvgIpc) is 2.58. The topological polar surface area (TPSA) is 36.9 Å². The van der Waals surface area contributed by atoms with Gasteiger partial charge in [-0.15, -0.1) is 0 Å². The van der Waals surface area contributed by atoms with Crippen molar-refractivity contribution in [3.8, 4) is 0 Å². The molecule has 15 heavy (non-hydrogen) atoms. The van der Waals surface area contributed by atoms with E-state index in [0.717, 1.165) is 12.8 Å². The maximum Gasteiger partial charge on any atom is 0.155 e. The lowest BCUT2D eigenvalue weighted by atomic mass is 9.80. The first-order valence-electron chi connectivity index (χ1n) is 5.49. The zero-order valence-electron chi connectivity index (χ0n) is 9.86. The second-order valence-electron chi connectivity index (χ2n) is 4.55. The molecular formula is C11H20O4. The van der Waals surface area contributed by atoms with Crippen LogP contribution >= 0.6 is 0 Å². The summed E-state index contributed by atoms with van der Waals surface area (Å²) in [5, 5.41) is 0. The van der Waals surface area contributed by atoms with E-state index in [2.05, 4.69) is 6.92 Å². The maximum atomic E-state index is 5.74. The number of hydrogen-bond acceptors (Lipinski definition) is 4. The minimum atomic E-state index is -0.261. The largest absolute Gasteiger partial charge is 0.376 e. The van der Waals surface area contributed by atoms with Crippen molar-refractivity contribution in [3.63, 3.8) is 0 Å². The van der Waals surface area contributed by atoms with Gasteiger partial charge in [0.15, 0.2) is 6.29 Å². The van der Waals surface area contributed by atoms with Crippen LogP contribution in [0.4, 0.5) is 0 Å². The third-order valence-electron chi connectivity index (χ3n) is 3.63. The summed E-state index contributed by atoms with van der Waals surface area (Å²) in [6.45, 7) is 4.00. The summed E-state index contributed by atoms with van der Waals surface area (Å²) in [5.41, 5.74) is -0.261. The zero-order chi connectivity index (χ0) is 11.1. The molecule has 0 aromatic heterocycles. The van der Waals surface area contributed by atoms with Gasteiger partial charge in [-0.25, -0.2) is 0 Å². The van der Waals surface area contributed by atoms with E-state index in [1.807, 2.05) is 6.92 Å². The molecule has 0 spiro atoms. The van der Waals surface area contributed by atoms with Crippen LogP contribution in [0.25, 0.3) is 0 Å². The Hall–Kier alpha value is -0.160. The second kappa shape index (κ2) is 4.01. The molecule has 1 aliphatic carbocycles. The summed E-state index contributed by atoms with van der Waals surface area (Å²) >= 11 is 0. The summed E-state index contributed by atoms with van der Waals surface area (Å²) < 4.78 is 22.5. The lowest BCUT2D eigenvalue weighted by Crippen LogP contribution is -2.56. The van der Waals surface area contributed by atoms with Crippen molar-refractivity contribution in [2.75, 3.05) is 14.2 Å². The maximum absolute atomic E-state index is 5.74. The van der Waals surface area contributed by atoms with Gasteiger partial charge in [0.05, 0.1) is 11.7 Å². The van der Waals surface area contributed by atoms with Gasteiger partial charge in [-0.1, -0.05) is 0 Å². The van der Waals surface area contributed by atoms with Crippen molar-refractivity contribution in [1.29, 1.82) is 0 Å². The fourth-order valence-electron chi connectivity index (χ4n) is 2.68. The lowest BCUT2D eigenvalue weighted by Gasteiger charge is -2.43. The predicted octanol–water partition coefficient (Wildman–Crippen LogP) is 1.33. The molecule has 5 atom stereocenters. The molecule has 88 valence electrons. The third-order valence-corrected chi connectivity index (χ3v) is 3.63. The molecule has 0 amide bonds. The fourth-order valence-corrected chi connectivity index (χ4v) is 2.68. The summed E-state index contributed by atoms with van der Waals surface area (Å²) in [6, 6.07) is 0. The van der Waals surface area contributed by atoms with Gasteiger partial charge in [-0.2, -0.15) is 0 Å². The Morgan fingerprint density at radius 3 is 2.60 bits per heavy atom. The second-order valence-corrected chi connectivity index (χ2v) is 4.55. The van der Waals surface area contributed by atoms with E-state index in [0.29, 0.717) is 0 Å². The molecule has 2 aliphatic rings. The van der Waals surface area contributed by atoms with Crippen LogP contribution < -0.4 is 0 Å². The van der Waals surface area contributed by atoms with E-state index in [9.17, 15) is 0 Å². The van der Waals surface area contributed by atoms with Crippen LogP contribution in [0.1, 0.15) is 26.7 Å². The van der Waals surface area contributed by atoms with E-state index >= 15 is 0 Å². The molecule has 0 radical (unpaired) electrons. The third kappa shape index (κ3) is 1.80. The monoisotopic (exact) mass is 216 g/mol. The summed E-state index contributed by atoms with van der Waals surface area (Å²) in [5.74, 6) is 0. The molecule has 1 aliphatic heterocycles. The Morgan fingerprint density at radius 2 is 2.00 bits per heavy atom. The standard InChI is InChI=1S/C11H20O4/c1-7-14-8-5-6-11(2,13-4)10(12-3)9(8)15-7/h7-10H,5-6H2,1-4H3/t7?,8-,9-,10+,11+/m1/s1. The number of fused-ring (bicyclic) bond motifs is 1. The Labute approximate surface area is 90.8 Å². The van der Waals surface area contributed by atoms with Crippen LogP contribution in [0.5, 0.6) is 0 Å². The van der Waals surface area contributed by atoms with Crippen LogP contribution in [0.3, 0.4) is 0 Å². The van der Waals surface area contributed by atoms with Crippen LogP contribution in [-0.4, -0.2) is 44.4 Å². The van der Waals surface area contributed by atoms with Gasteiger partial charge >= 0.3 is 0 Å². The molecular weight excluding hydrogens is 196 g/mol. The van der Waals surface area contributed by atoms with Gasteiger partial charge in [0.2, 0.25) is 0 Å². The van der Waals surface area contributed by atoms with Crippen LogP contribution in [0.15, 0.2) is 0 Å². The molecule has 0 N–H and O–H groups in total. The summed E-state index contributed by atoms with van der Waals surface area (Å²) in [7, 11) is 3.43. The van der Waals surface area contributed by atoms with E-state index in [-0.39, 0.29) is 30.2 Å². The molecule has 0 aromatic carbocycles. The van der Waals surface area contributed by atoms with Crippen molar-refractivity contribution >= 4 is 0 Å². The molecule has 2 rings (SSSR count). The van der Waals surface area contributed by atoms with Gasteiger partial charge in [-0.3, -0.25) is 0 Å². The normalized spacial score (nSPS) is 50.4. The molecule has 1 saturated heterocycles. The Balaban J connectivity index is 2.17.